The molecule has 1 atom stereocenters. The predicted molar refractivity (Wildman–Crippen MR) is 139 cm³/mol. The number of aliphatic hydroxyl groups is 1. The SMILES string of the molecule is CCCCN1C(=O)OC2(CCN(CCC=C(c3ccc(F)cc3)c3ccc(F)cc3)CC2)C1(C)O.Cl. The zero-order valence-corrected chi connectivity index (χ0v) is 21.7. The smallest absolute Gasteiger partial charge is 0.412 e. The van der Waals surface area contributed by atoms with Crippen LogP contribution in [-0.2, 0) is 4.74 Å². The molecule has 2 aromatic carbocycles. The zero-order valence-electron chi connectivity index (χ0n) is 20.9. The van der Waals surface area contributed by atoms with Gasteiger partial charge in [0.05, 0.1) is 0 Å². The van der Waals surface area contributed by atoms with Gasteiger partial charge in [0.2, 0.25) is 0 Å². The predicted octanol–water partition coefficient (Wildman–Crippen LogP) is 6.00. The highest BCUT2D eigenvalue weighted by Gasteiger charge is 2.62. The minimum atomic E-state index is -1.32. The minimum Gasteiger partial charge on any atom is -0.437 e. The van der Waals surface area contributed by atoms with E-state index in [-0.39, 0.29) is 24.0 Å². The summed E-state index contributed by atoms with van der Waals surface area (Å²) in [7, 11) is 0. The highest BCUT2D eigenvalue weighted by atomic mass is 35.5. The fourth-order valence-electron chi connectivity index (χ4n) is 5.13. The van der Waals surface area contributed by atoms with Gasteiger partial charge in [0.1, 0.15) is 11.6 Å². The number of likely N-dealkylation sites (tertiary alicyclic amines) is 1. The monoisotopic (exact) mass is 520 g/mol. The average Bonchev–Trinajstić information content (AvgIpc) is 3.02. The lowest BCUT2D eigenvalue weighted by Crippen LogP contribution is -2.60. The molecule has 5 nitrogen and oxygen atoms in total. The van der Waals surface area contributed by atoms with E-state index < -0.39 is 17.4 Å². The second-order valence-electron chi connectivity index (χ2n) is 9.65. The van der Waals surface area contributed by atoms with E-state index in [1.54, 1.807) is 31.2 Å². The molecule has 1 unspecified atom stereocenters. The number of hydrogen-bond donors (Lipinski definition) is 1. The van der Waals surface area contributed by atoms with Crippen molar-refractivity contribution in [3.05, 3.63) is 77.4 Å². The number of rotatable bonds is 8. The molecule has 196 valence electrons. The van der Waals surface area contributed by atoms with Gasteiger partial charge in [-0.2, -0.15) is 0 Å². The molecule has 2 aliphatic heterocycles. The van der Waals surface area contributed by atoms with Crippen molar-refractivity contribution in [2.75, 3.05) is 26.2 Å². The molecule has 2 heterocycles. The molecule has 0 saturated carbocycles. The summed E-state index contributed by atoms with van der Waals surface area (Å²) in [4.78, 5) is 16.3. The van der Waals surface area contributed by atoms with Crippen molar-refractivity contribution < 1.29 is 23.4 Å². The molecule has 0 aliphatic carbocycles. The van der Waals surface area contributed by atoms with Crippen LogP contribution < -0.4 is 0 Å². The number of benzene rings is 2. The van der Waals surface area contributed by atoms with Crippen LogP contribution in [0, 0.1) is 11.6 Å². The zero-order chi connectivity index (χ0) is 25.1. The first-order valence-corrected chi connectivity index (χ1v) is 12.4. The summed E-state index contributed by atoms with van der Waals surface area (Å²) in [5, 5.41) is 11.3. The highest BCUT2D eigenvalue weighted by Crippen LogP contribution is 2.44. The first-order valence-electron chi connectivity index (χ1n) is 12.4. The Balaban J connectivity index is 0.00000361. The van der Waals surface area contributed by atoms with E-state index in [1.807, 2.05) is 0 Å². The summed E-state index contributed by atoms with van der Waals surface area (Å²) < 4.78 is 32.7. The summed E-state index contributed by atoms with van der Waals surface area (Å²) >= 11 is 0. The normalized spacial score (nSPS) is 21.2. The van der Waals surface area contributed by atoms with Crippen molar-refractivity contribution in [2.45, 2.75) is 57.3 Å². The van der Waals surface area contributed by atoms with E-state index in [4.69, 9.17) is 4.74 Å². The summed E-state index contributed by atoms with van der Waals surface area (Å²) in [5.41, 5.74) is 0.479. The summed E-state index contributed by atoms with van der Waals surface area (Å²) in [5.74, 6) is -0.600. The van der Waals surface area contributed by atoms with Gasteiger partial charge in [0.25, 0.3) is 0 Å². The molecule has 2 aliphatic rings. The molecule has 0 bridgehead atoms. The van der Waals surface area contributed by atoms with E-state index in [0.29, 0.717) is 32.5 Å². The number of piperidine rings is 1. The van der Waals surface area contributed by atoms with Crippen molar-refractivity contribution in [1.82, 2.24) is 9.80 Å². The van der Waals surface area contributed by atoms with Crippen LogP contribution in [0.15, 0.2) is 54.6 Å². The molecule has 36 heavy (non-hydrogen) atoms. The van der Waals surface area contributed by atoms with Crippen LogP contribution in [0.25, 0.3) is 5.57 Å². The molecule has 0 aromatic heterocycles. The maximum Gasteiger partial charge on any atom is 0.412 e. The lowest BCUT2D eigenvalue weighted by atomic mass is 9.82. The van der Waals surface area contributed by atoms with E-state index in [0.717, 1.165) is 42.5 Å². The van der Waals surface area contributed by atoms with Crippen LogP contribution in [-0.4, -0.2) is 58.5 Å². The fraction of sp³-hybridized carbons (Fsp3) is 0.464. The minimum absolute atomic E-state index is 0. The maximum absolute atomic E-state index is 13.5. The lowest BCUT2D eigenvalue weighted by molar-refractivity contribution is -0.165. The van der Waals surface area contributed by atoms with Crippen LogP contribution >= 0.6 is 12.4 Å². The van der Waals surface area contributed by atoms with Crippen molar-refractivity contribution >= 4 is 24.1 Å². The molecule has 1 amide bonds. The van der Waals surface area contributed by atoms with E-state index in [2.05, 4.69) is 17.9 Å². The molecular formula is C28H35ClF2N2O3. The second kappa shape index (κ2) is 11.7. The second-order valence-corrected chi connectivity index (χ2v) is 9.65. The standard InChI is InChI=1S/C28H34F2N2O3.ClH/c1-3-4-18-32-26(33)35-28(27(32,2)34)15-19-31(20-16-28)17-5-6-25(21-7-11-23(29)12-8-21)22-9-13-24(30)14-10-22;/h6-14,34H,3-5,15-20H2,1-2H3;1H. The van der Waals surface area contributed by atoms with Gasteiger partial charge >= 0.3 is 6.09 Å². The van der Waals surface area contributed by atoms with Gasteiger partial charge in [-0.05, 0) is 60.7 Å². The topological polar surface area (TPSA) is 53.0 Å². The number of unbranched alkanes of at least 4 members (excludes halogenated alkanes) is 1. The third-order valence-corrected chi connectivity index (χ3v) is 7.40. The van der Waals surface area contributed by atoms with Gasteiger partial charge in [0, 0.05) is 39.0 Å². The van der Waals surface area contributed by atoms with Crippen LogP contribution in [0.5, 0.6) is 0 Å². The Bertz CT molecular complexity index is 1000. The van der Waals surface area contributed by atoms with E-state index in [1.165, 1.54) is 29.2 Å². The van der Waals surface area contributed by atoms with Crippen LogP contribution in [0.3, 0.4) is 0 Å². The van der Waals surface area contributed by atoms with Crippen LogP contribution in [0.4, 0.5) is 13.6 Å². The molecule has 0 radical (unpaired) electrons. The Kier molecular flexibility index (Phi) is 9.14. The lowest BCUT2D eigenvalue weighted by Gasteiger charge is -2.44. The number of carbonyl (C=O) groups excluding carboxylic acids is 1. The van der Waals surface area contributed by atoms with Crippen LogP contribution in [0.2, 0.25) is 0 Å². The number of ether oxygens (including phenoxy) is 1. The van der Waals surface area contributed by atoms with Gasteiger partial charge in [-0.1, -0.05) is 43.7 Å². The van der Waals surface area contributed by atoms with E-state index in [9.17, 15) is 18.7 Å². The van der Waals surface area contributed by atoms with Crippen molar-refractivity contribution in [1.29, 1.82) is 0 Å². The number of amides is 1. The number of halogens is 3. The molecular weight excluding hydrogens is 486 g/mol. The Morgan fingerprint density at radius 1 is 1.00 bits per heavy atom. The third kappa shape index (κ3) is 5.74. The molecule has 1 spiro atoms. The first kappa shape index (κ1) is 28.1. The molecule has 8 heteroatoms. The van der Waals surface area contributed by atoms with Gasteiger partial charge in [-0.3, -0.25) is 4.90 Å². The third-order valence-electron chi connectivity index (χ3n) is 7.40. The Morgan fingerprint density at radius 2 is 1.53 bits per heavy atom. The van der Waals surface area contributed by atoms with Gasteiger partial charge in [-0.15, -0.1) is 12.4 Å². The van der Waals surface area contributed by atoms with Gasteiger partial charge in [-0.25, -0.2) is 13.6 Å². The molecule has 1 N–H and O–H groups in total. The Hall–Kier alpha value is -2.48. The summed E-state index contributed by atoms with van der Waals surface area (Å²) in [6.07, 6.45) is 5.32. The van der Waals surface area contributed by atoms with Crippen molar-refractivity contribution in [3.63, 3.8) is 0 Å². The number of nitrogens with zero attached hydrogens (tertiary/aromatic N) is 2. The maximum atomic E-state index is 13.5. The Labute approximate surface area is 218 Å². The molecule has 2 aromatic rings. The van der Waals surface area contributed by atoms with Gasteiger partial charge < -0.3 is 14.7 Å². The molecule has 2 saturated heterocycles. The molecule has 2 fully saturated rings. The fourth-order valence-corrected chi connectivity index (χ4v) is 5.13. The van der Waals surface area contributed by atoms with Crippen molar-refractivity contribution in [2.24, 2.45) is 0 Å². The van der Waals surface area contributed by atoms with Crippen molar-refractivity contribution in [3.8, 4) is 0 Å². The number of hydrogen-bond acceptors (Lipinski definition) is 4. The number of carbonyl (C=O) groups is 1. The quantitative estimate of drug-likeness (QED) is 0.463. The van der Waals surface area contributed by atoms with Crippen LogP contribution in [0.1, 0.15) is 57.1 Å². The summed E-state index contributed by atoms with van der Waals surface area (Å²) in [6, 6.07) is 12.6. The Morgan fingerprint density at radius 3 is 2.03 bits per heavy atom. The largest absolute Gasteiger partial charge is 0.437 e. The first-order chi connectivity index (χ1) is 16.8. The average molecular weight is 521 g/mol. The molecule has 4 rings (SSSR count). The van der Waals surface area contributed by atoms with E-state index >= 15 is 0 Å². The van der Waals surface area contributed by atoms with Gasteiger partial charge in [0.15, 0.2) is 11.3 Å². The summed E-state index contributed by atoms with van der Waals surface area (Å²) in [6.45, 7) is 6.45. The highest BCUT2D eigenvalue weighted by molar-refractivity contribution is 5.85.